The fraction of sp³-hybridized carbons (Fsp3) is 0.0690. The SMILES string of the molecule is O=C(Nc1cc(S(=O)(=O)O)cc2cc(S(=O)(=O)O)c(N=Nc3ccc4cc(S(=O)(=O)CCS(=O)(=O)O)ccc4c3S(=O)(=O)O)c(O)c12)c1ccccc1. The number of amides is 1. The van der Waals surface area contributed by atoms with Gasteiger partial charge in [0.15, 0.2) is 15.6 Å². The van der Waals surface area contributed by atoms with Crippen LogP contribution < -0.4 is 5.32 Å². The Morgan fingerprint density at radius 3 is 1.87 bits per heavy atom. The normalized spacial score (nSPS) is 13.1. The van der Waals surface area contributed by atoms with Crippen LogP contribution in [0.3, 0.4) is 0 Å². The lowest BCUT2D eigenvalue weighted by Gasteiger charge is -2.15. The van der Waals surface area contributed by atoms with E-state index < -0.39 is 121 Å². The van der Waals surface area contributed by atoms with Gasteiger partial charge in [-0.2, -0.15) is 33.7 Å². The Hall–Kier alpha value is -4.92. The van der Waals surface area contributed by atoms with Crippen molar-refractivity contribution in [3.63, 3.8) is 0 Å². The second kappa shape index (κ2) is 13.8. The van der Waals surface area contributed by atoms with Crippen LogP contribution in [0.1, 0.15) is 10.4 Å². The van der Waals surface area contributed by atoms with Gasteiger partial charge in [-0.25, -0.2) is 8.42 Å². The number of azo groups is 1. The van der Waals surface area contributed by atoms with E-state index in [1.807, 2.05) is 0 Å². The first-order valence-electron chi connectivity index (χ1n) is 14.2. The molecule has 0 aliphatic carbocycles. The zero-order valence-corrected chi connectivity index (χ0v) is 30.2. The summed E-state index contributed by atoms with van der Waals surface area (Å²) in [6.07, 6.45) is 0. The smallest absolute Gasteiger partial charge is 0.297 e. The summed E-state index contributed by atoms with van der Waals surface area (Å²) in [7, 11) is -24.7. The summed E-state index contributed by atoms with van der Waals surface area (Å²) in [5.41, 5.74) is -2.26. The number of aromatic hydroxyl groups is 1. The Labute approximate surface area is 300 Å². The number of carbonyl (C=O) groups is 1. The third-order valence-corrected chi connectivity index (χ3v) is 12.7. The van der Waals surface area contributed by atoms with Crippen molar-refractivity contribution in [1.29, 1.82) is 0 Å². The molecule has 280 valence electrons. The quantitative estimate of drug-likeness (QED) is 0.0815. The number of carbonyl (C=O) groups excluding carboxylic acids is 1. The van der Waals surface area contributed by atoms with Gasteiger partial charge in [0.2, 0.25) is 0 Å². The first-order chi connectivity index (χ1) is 24.4. The number of rotatable bonds is 11. The Bertz CT molecular complexity index is 2950. The molecule has 0 aromatic heterocycles. The number of fused-ring (bicyclic) bond motifs is 2. The zero-order chi connectivity index (χ0) is 39.3. The molecule has 5 aromatic carbocycles. The van der Waals surface area contributed by atoms with Crippen LogP contribution in [0.4, 0.5) is 17.1 Å². The molecule has 5 aromatic rings. The van der Waals surface area contributed by atoms with Gasteiger partial charge in [-0.15, -0.1) is 10.2 Å². The molecule has 0 heterocycles. The Balaban J connectivity index is 1.72. The number of benzene rings is 5. The number of hydrogen-bond acceptors (Lipinski definition) is 14. The zero-order valence-electron chi connectivity index (χ0n) is 26.1. The highest BCUT2D eigenvalue weighted by Crippen LogP contribution is 2.46. The lowest BCUT2D eigenvalue weighted by Crippen LogP contribution is -2.16. The maximum absolute atomic E-state index is 13.0. The molecule has 19 nitrogen and oxygen atoms in total. The molecular formula is C29H23N3O16S5. The second-order valence-corrected chi connectivity index (χ2v) is 18.8. The molecule has 0 unspecified atom stereocenters. The van der Waals surface area contributed by atoms with Crippen molar-refractivity contribution >= 4 is 94.8 Å². The number of sulfone groups is 1. The minimum Gasteiger partial charge on any atom is -0.505 e. The van der Waals surface area contributed by atoms with Crippen molar-refractivity contribution in [2.75, 3.05) is 16.8 Å². The van der Waals surface area contributed by atoms with Gasteiger partial charge < -0.3 is 10.4 Å². The van der Waals surface area contributed by atoms with Crippen LogP contribution in [0.25, 0.3) is 21.5 Å². The van der Waals surface area contributed by atoms with Crippen LogP contribution in [0.15, 0.2) is 109 Å². The third-order valence-electron chi connectivity index (χ3n) is 7.39. The van der Waals surface area contributed by atoms with E-state index in [2.05, 4.69) is 15.5 Å². The van der Waals surface area contributed by atoms with Gasteiger partial charge in [0.1, 0.15) is 21.2 Å². The fourth-order valence-corrected chi connectivity index (χ4v) is 9.61. The molecule has 0 saturated carbocycles. The van der Waals surface area contributed by atoms with Gasteiger partial charge in [0, 0.05) is 16.3 Å². The third kappa shape index (κ3) is 8.66. The maximum atomic E-state index is 13.0. The molecule has 0 bridgehead atoms. The molecular weight excluding hydrogens is 807 g/mol. The average Bonchev–Trinajstić information content (AvgIpc) is 3.04. The van der Waals surface area contributed by atoms with Crippen LogP contribution >= 0.6 is 0 Å². The van der Waals surface area contributed by atoms with E-state index >= 15 is 0 Å². The monoisotopic (exact) mass is 829 g/mol. The van der Waals surface area contributed by atoms with E-state index in [0.717, 1.165) is 36.4 Å². The van der Waals surface area contributed by atoms with Crippen molar-refractivity contribution < 1.29 is 70.2 Å². The largest absolute Gasteiger partial charge is 0.505 e. The summed E-state index contributed by atoms with van der Waals surface area (Å²) in [4.78, 5) is 9.44. The van der Waals surface area contributed by atoms with Crippen LogP contribution in [0.5, 0.6) is 5.75 Å². The Kier molecular flexibility index (Phi) is 10.2. The predicted molar refractivity (Wildman–Crippen MR) is 186 cm³/mol. The molecule has 0 aliphatic rings. The molecule has 0 fully saturated rings. The molecule has 24 heteroatoms. The van der Waals surface area contributed by atoms with Crippen molar-refractivity contribution in [1.82, 2.24) is 0 Å². The first-order valence-corrected chi connectivity index (χ1v) is 21.7. The van der Waals surface area contributed by atoms with E-state index in [4.69, 9.17) is 4.55 Å². The predicted octanol–water partition coefficient (Wildman–Crippen LogP) is 3.77. The average molecular weight is 830 g/mol. The molecule has 0 saturated heterocycles. The van der Waals surface area contributed by atoms with Crippen molar-refractivity contribution in [2.45, 2.75) is 19.6 Å². The molecule has 0 radical (unpaired) electrons. The lowest BCUT2D eigenvalue weighted by molar-refractivity contribution is 0.102. The summed E-state index contributed by atoms with van der Waals surface area (Å²) in [6, 6.07) is 14.1. The standard InChI is InChI=1S/C29H23N3O16S5/c33-27-25-18(13-20(51(40,41)42)15-23(25)30-29(34)16-4-2-1-3-5-16)14-24(52(43,44)45)26(27)32-31-22-9-6-17-12-19(49(35,36)10-11-50(37,38)39)7-8-21(17)28(22)53(46,47)48/h1-9,12-15,33H,10-11H2,(H,30,34)(H,37,38,39)(H,40,41,42)(H,43,44,45)(H,46,47,48). The summed E-state index contributed by atoms with van der Waals surface area (Å²) in [5, 5.41) is 19.5. The molecule has 6 N–H and O–H groups in total. The first kappa shape index (κ1) is 39.3. The Morgan fingerprint density at radius 2 is 1.28 bits per heavy atom. The van der Waals surface area contributed by atoms with Gasteiger partial charge in [-0.3, -0.25) is 23.0 Å². The molecule has 0 atom stereocenters. The minimum absolute atomic E-state index is 0.0451. The highest BCUT2D eigenvalue weighted by Gasteiger charge is 2.28. The number of phenols is 1. The van der Waals surface area contributed by atoms with Crippen LogP contribution in [-0.2, 0) is 50.3 Å². The molecule has 53 heavy (non-hydrogen) atoms. The number of nitrogens with zero attached hydrogens (tertiary/aromatic N) is 2. The second-order valence-electron chi connectivity index (χ2n) is 11.0. The van der Waals surface area contributed by atoms with Gasteiger partial charge in [0.05, 0.1) is 27.0 Å². The topological polar surface area (TPSA) is 326 Å². The lowest BCUT2D eigenvalue weighted by atomic mass is 10.1. The fourth-order valence-electron chi connectivity index (χ4n) is 5.03. The van der Waals surface area contributed by atoms with Crippen molar-refractivity contribution in [2.24, 2.45) is 10.2 Å². The maximum Gasteiger partial charge on any atom is 0.297 e. The highest BCUT2D eigenvalue weighted by molar-refractivity contribution is 7.93. The van der Waals surface area contributed by atoms with Gasteiger partial charge >= 0.3 is 0 Å². The number of nitrogens with one attached hydrogen (secondary N) is 1. The number of hydrogen-bond donors (Lipinski definition) is 6. The molecule has 0 spiro atoms. The number of anilines is 1. The van der Waals surface area contributed by atoms with Gasteiger partial charge in [0.25, 0.3) is 46.4 Å². The van der Waals surface area contributed by atoms with E-state index in [-0.39, 0.29) is 16.3 Å². The minimum atomic E-state index is -5.38. The van der Waals surface area contributed by atoms with Crippen molar-refractivity contribution in [3.05, 3.63) is 84.4 Å². The van der Waals surface area contributed by atoms with E-state index in [1.165, 1.54) is 24.3 Å². The summed E-state index contributed by atoms with van der Waals surface area (Å²) < 4.78 is 160. The van der Waals surface area contributed by atoms with E-state index in [0.29, 0.717) is 12.1 Å². The number of phenolic OH excluding ortho intramolecular Hbond substituents is 1. The van der Waals surface area contributed by atoms with Crippen molar-refractivity contribution in [3.8, 4) is 5.75 Å². The van der Waals surface area contributed by atoms with Gasteiger partial charge in [-0.05, 0) is 59.3 Å². The summed E-state index contributed by atoms with van der Waals surface area (Å²) in [6.45, 7) is 0. The van der Waals surface area contributed by atoms with Crippen LogP contribution in [0, 0.1) is 0 Å². The van der Waals surface area contributed by atoms with Gasteiger partial charge in [-0.1, -0.05) is 30.3 Å². The molecule has 0 aliphatic heterocycles. The van der Waals surface area contributed by atoms with E-state index in [9.17, 15) is 65.6 Å². The van der Waals surface area contributed by atoms with Crippen LogP contribution in [-0.4, -0.2) is 82.8 Å². The highest BCUT2D eigenvalue weighted by atomic mass is 32.2. The van der Waals surface area contributed by atoms with Crippen LogP contribution in [0.2, 0.25) is 0 Å². The summed E-state index contributed by atoms with van der Waals surface area (Å²) in [5.74, 6) is -4.18. The molecule has 1 amide bonds. The Morgan fingerprint density at radius 1 is 0.642 bits per heavy atom. The molecule has 5 rings (SSSR count). The summed E-state index contributed by atoms with van der Waals surface area (Å²) >= 11 is 0. The van der Waals surface area contributed by atoms with E-state index in [1.54, 1.807) is 6.07 Å².